The van der Waals surface area contributed by atoms with Gasteiger partial charge < -0.3 is 5.32 Å². The van der Waals surface area contributed by atoms with Crippen LogP contribution in [0.25, 0.3) is 0 Å². The number of carbonyl (C=O) groups excluding carboxylic acids is 3. The Morgan fingerprint density at radius 1 is 1.00 bits per heavy atom. The quantitative estimate of drug-likeness (QED) is 0.655. The molecule has 1 N–H and O–H groups in total. The Kier molecular flexibility index (Phi) is 6.01. The van der Waals surface area contributed by atoms with Gasteiger partial charge in [-0.2, -0.15) is 0 Å². The molecular formula is C22H22Cl2N2O3. The van der Waals surface area contributed by atoms with E-state index in [1.54, 1.807) is 0 Å². The van der Waals surface area contributed by atoms with Gasteiger partial charge in [0.1, 0.15) is 6.04 Å². The van der Waals surface area contributed by atoms with E-state index in [1.807, 2.05) is 45.9 Å². The van der Waals surface area contributed by atoms with Crippen molar-refractivity contribution in [3.63, 3.8) is 0 Å². The topological polar surface area (TPSA) is 66.5 Å². The number of halogens is 2. The molecule has 0 aromatic heterocycles. The van der Waals surface area contributed by atoms with Gasteiger partial charge in [0.15, 0.2) is 0 Å². The van der Waals surface area contributed by atoms with Crippen molar-refractivity contribution >= 4 is 46.6 Å². The van der Waals surface area contributed by atoms with Crippen LogP contribution in [0.3, 0.4) is 0 Å². The van der Waals surface area contributed by atoms with Crippen molar-refractivity contribution in [1.82, 2.24) is 4.90 Å². The fourth-order valence-corrected chi connectivity index (χ4v) is 3.73. The summed E-state index contributed by atoms with van der Waals surface area (Å²) in [5.41, 5.74) is 2.88. The number of benzene rings is 2. The van der Waals surface area contributed by atoms with Crippen LogP contribution in [0.4, 0.5) is 5.69 Å². The van der Waals surface area contributed by atoms with Gasteiger partial charge in [-0.15, -0.1) is 0 Å². The van der Waals surface area contributed by atoms with Gasteiger partial charge in [0, 0.05) is 5.69 Å². The molecule has 0 saturated carbocycles. The van der Waals surface area contributed by atoms with Gasteiger partial charge in [-0.1, -0.05) is 49.2 Å². The van der Waals surface area contributed by atoms with Crippen molar-refractivity contribution in [2.45, 2.75) is 40.2 Å². The lowest BCUT2D eigenvalue weighted by Gasteiger charge is -2.27. The molecule has 152 valence electrons. The fraction of sp³-hybridized carbons (Fsp3) is 0.318. The van der Waals surface area contributed by atoms with Crippen molar-refractivity contribution in [3.05, 3.63) is 62.6 Å². The van der Waals surface area contributed by atoms with E-state index in [0.29, 0.717) is 12.1 Å². The lowest BCUT2D eigenvalue weighted by Crippen LogP contribution is -2.48. The van der Waals surface area contributed by atoms with Crippen LogP contribution in [0.15, 0.2) is 30.3 Å². The van der Waals surface area contributed by atoms with Crippen molar-refractivity contribution < 1.29 is 14.4 Å². The molecule has 1 atom stereocenters. The number of amides is 3. The Morgan fingerprint density at radius 3 is 2.07 bits per heavy atom. The maximum absolute atomic E-state index is 13.2. The van der Waals surface area contributed by atoms with E-state index in [0.717, 1.165) is 16.0 Å². The van der Waals surface area contributed by atoms with Gasteiger partial charge in [0.25, 0.3) is 11.8 Å². The average Bonchev–Trinajstić information content (AvgIpc) is 2.87. The second-order valence-electron chi connectivity index (χ2n) is 7.75. The number of anilines is 1. The molecule has 3 amide bonds. The second-order valence-corrected chi connectivity index (χ2v) is 8.56. The SMILES string of the molecule is Cc1ccc(C)c(NC(=O)[C@@H](CC(C)C)N2C(=O)c3cc(Cl)c(Cl)cc3C2=O)c1. The highest BCUT2D eigenvalue weighted by atomic mass is 35.5. The maximum atomic E-state index is 13.2. The average molecular weight is 433 g/mol. The van der Waals surface area contributed by atoms with Crippen LogP contribution < -0.4 is 5.32 Å². The van der Waals surface area contributed by atoms with E-state index in [9.17, 15) is 14.4 Å². The first-order valence-electron chi connectivity index (χ1n) is 9.35. The molecule has 0 bridgehead atoms. The van der Waals surface area contributed by atoms with Crippen LogP contribution in [0.1, 0.15) is 52.1 Å². The minimum Gasteiger partial charge on any atom is -0.324 e. The third kappa shape index (κ3) is 4.16. The molecule has 1 aliphatic rings. The highest BCUT2D eigenvalue weighted by molar-refractivity contribution is 6.43. The van der Waals surface area contributed by atoms with Crippen LogP contribution in [0.2, 0.25) is 10.0 Å². The van der Waals surface area contributed by atoms with E-state index in [4.69, 9.17) is 23.2 Å². The van der Waals surface area contributed by atoms with Crippen LogP contribution in [-0.2, 0) is 4.79 Å². The zero-order valence-electron chi connectivity index (χ0n) is 16.7. The molecule has 0 unspecified atom stereocenters. The van der Waals surface area contributed by atoms with Gasteiger partial charge in [-0.3, -0.25) is 19.3 Å². The van der Waals surface area contributed by atoms with Crippen LogP contribution >= 0.6 is 23.2 Å². The van der Waals surface area contributed by atoms with E-state index in [1.165, 1.54) is 12.1 Å². The summed E-state index contributed by atoms with van der Waals surface area (Å²) in [4.78, 5) is 40.2. The number of nitrogens with zero attached hydrogens (tertiary/aromatic N) is 1. The van der Waals surface area contributed by atoms with Crippen LogP contribution in [-0.4, -0.2) is 28.7 Å². The molecule has 0 fully saturated rings. The Bertz CT molecular complexity index is 976. The van der Waals surface area contributed by atoms with Gasteiger partial charge >= 0.3 is 0 Å². The van der Waals surface area contributed by atoms with Crippen LogP contribution in [0.5, 0.6) is 0 Å². The predicted octanol–water partition coefficient (Wildman–Crippen LogP) is 5.26. The molecule has 1 heterocycles. The molecule has 0 radical (unpaired) electrons. The van der Waals surface area contributed by atoms with Crippen molar-refractivity contribution in [3.8, 4) is 0 Å². The number of aryl methyl sites for hydroxylation is 2. The van der Waals surface area contributed by atoms with Gasteiger partial charge in [0.2, 0.25) is 5.91 Å². The summed E-state index contributed by atoms with van der Waals surface area (Å²) < 4.78 is 0. The Labute approximate surface area is 180 Å². The lowest BCUT2D eigenvalue weighted by atomic mass is 10.0. The number of imide groups is 1. The van der Waals surface area contributed by atoms with Crippen molar-refractivity contribution in [1.29, 1.82) is 0 Å². The molecule has 0 aliphatic carbocycles. The lowest BCUT2D eigenvalue weighted by molar-refractivity contribution is -0.120. The van der Waals surface area contributed by atoms with Gasteiger partial charge in [-0.25, -0.2) is 0 Å². The summed E-state index contributed by atoms with van der Waals surface area (Å²) in [6.07, 6.45) is 0.337. The normalized spacial score (nSPS) is 14.4. The molecule has 7 heteroatoms. The summed E-state index contributed by atoms with van der Waals surface area (Å²) in [5, 5.41) is 3.26. The molecular weight excluding hydrogens is 411 g/mol. The fourth-order valence-electron chi connectivity index (χ4n) is 3.40. The molecule has 2 aromatic carbocycles. The Hall–Kier alpha value is -2.37. The number of hydrogen-bond acceptors (Lipinski definition) is 3. The summed E-state index contributed by atoms with van der Waals surface area (Å²) in [6, 6.07) is 7.55. The van der Waals surface area contributed by atoms with E-state index >= 15 is 0 Å². The zero-order valence-corrected chi connectivity index (χ0v) is 18.2. The van der Waals surface area contributed by atoms with E-state index in [-0.39, 0.29) is 27.1 Å². The van der Waals surface area contributed by atoms with Crippen molar-refractivity contribution in [2.24, 2.45) is 5.92 Å². The molecule has 3 rings (SSSR count). The predicted molar refractivity (Wildman–Crippen MR) is 115 cm³/mol. The highest BCUT2D eigenvalue weighted by Gasteiger charge is 2.43. The summed E-state index contributed by atoms with van der Waals surface area (Å²) in [6.45, 7) is 7.69. The molecule has 0 saturated heterocycles. The second kappa shape index (κ2) is 8.17. The third-order valence-corrected chi connectivity index (χ3v) is 5.64. The molecule has 2 aromatic rings. The first kappa shape index (κ1) is 21.3. The molecule has 0 spiro atoms. The Morgan fingerprint density at radius 2 is 1.55 bits per heavy atom. The number of nitrogens with one attached hydrogen (secondary N) is 1. The first-order valence-corrected chi connectivity index (χ1v) is 10.1. The smallest absolute Gasteiger partial charge is 0.262 e. The number of carbonyl (C=O) groups is 3. The summed E-state index contributed by atoms with van der Waals surface area (Å²) in [5.74, 6) is -1.39. The first-order chi connectivity index (χ1) is 13.6. The summed E-state index contributed by atoms with van der Waals surface area (Å²) >= 11 is 12.1. The number of hydrogen-bond donors (Lipinski definition) is 1. The van der Waals surface area contributed by atoms with E-state index < -0.39 is 23.8 Å². The minimum atomic E-state index is -0.945. The van der Waals surface area contributed by atoms with Crippen LogP contribution in [0, 0.1) is 19.8 Å². The van der Waals surface area contributed by atoms with Gasteiger partial charge in [-0.05, 0) is 55.5 Å². The zero-order chi connectivity index (χ0) is 21.5. The standard InChI is InChI=1S/C22H22Cl2N2O3/c1-11(2)7-19(20(27)25-18-8-12(3)5-6-13(18)4)26-21(28)14-9-16(23)17(24)10-15(14)22(26)29/h5-6,8-11,19H,7H2,1-4H3,(H,25,27)/t19-/m1/s1. The number of fused-ring (bicyclic) bond motifs is 1. The largest absolute Gasteiger partial charge is 0.324 e. The highest BCUT2D eigenvalue weighted by Crippen LogP contribution is 2.33. The molecule has 5 nitrogen and oxygen atoms in total. The number of rotatable bonds is 5. The van der Waals surface area contributed by atoms with Crippen molar-refractivity contribution in [2.75, 3.05) is 5.32 Å². The third-order valence-electron chi connectivity index (χ3n) is 4.92. The maximum Gasteiger partial charge on any atom is 0.262 e. The Balaban J connectivity index is 1.97. The van der Waals surface area contributed by atoms with Gasteiger partial charge in [0.05, 0.1) is 21.2 Å². The summed E-state index contributed by atoms with van der Waals surface area (Å²) in [7, 11) is 0. The molecule has 29 heavy (non-hydrogen) atoms. The monoisotopic (exact) mass is 432 g/mol. The molecule has 1 aliphatic heterocycles. The van der Waals surface area contributed by atoms with E-state index in [2.05, 4.69) is 5.32 Å². The minimum absolute atomic E-state index is 0.0841.